The number of rotatable bonds is 9. The Hall–Kier alpha value is -3.64. The van der Waals surface area contributed by atoms with Crippen LogP contribution >= 0.6 is 0 Å². The molecule has 0 radical (unpaired) electrons. The predicted molar refractivity (Wildman–Crippen MR) is 135 cm³/mol. The summed E-state index contributed by atoms with van der Waals surface area (Å²) in [6, 6.07) is 28.1. The van der Waals surface area contributed by atoms with Gasteiger partial charge in [-0.25, -0.2) is 4.79 Å². The Bertz CT molecular complexity index is 1200. The highest BCUT2D eigenvalue weighted by atomic mass is 28.3. The topological polar surface area (TPSA) is 82.2 Å². The van der Waals surface area contributed by atoms with Gasteiger partial charge in [0, 0.05) is 29.9 Å². The van der Waals surface area contributed by atoms with Gasteiger partial charge in [-0.3, -0.25) is 4.79 Å². The van der Waals surface area contributed by atoms with Crippen molar-refractivity contribution in [2.45, 2.75) is 31.5 Å². The molecule has 0 fully saturated rings. The maximum atomic E-state index is 12.9. The van der Waals surface area contributed by atoms with Crippen molar-refractivity contribution in [2.75, 3.05) is 0 Å². The van der Waals surface area contributed by atoms with E-state index in [-0.39, 0.29) is 18.7 Å². The summed E-state index contributed by atoms with van der Waals surface area (Å²) in [5.74, 6) is -1.26. The highest BCUT2D eigenvalue weighted by molar-refractivity contribution is 7.01. The van der Waals surface area contributed by atoms with Crippen molar-refractivity contribution < 1.29 is 14.7 Å². The molecule has 1 aromatic heterocycles. The van der Waals surface area contributed by atoms with Crippen LogP contribution in [0.2, 0.25) is 12.6 Å². The fourth-order valence-corrected chi connectivity index (χ4v) is 7.91. The van der Waals surface area contributed by atoms with Crippen LogP contribution in [0.25, 0.3) is 10.9 Å². The molecule has 0 saturated carbocycles. The number of fused-ring (bicyclic) bond motifs is 1. The Morgan fingerprint density at radius 2 is 1.48 bits per heavy atom. The molecule has 4 aromatic rings. The van der Waals surface area contributed by atoms with Crippen LogP contribution in [0.5, 0.6) is 0 Å². The van der Waals surface area contributed by atoms with Crippen molar-refractivity contribution in [1.29, 1.82) is 0 Å². The zero-order valence-corrected chi connectivity index (χ0v) is 19.6. The molecule has 168 valence electrons. The molecule has 4 rings (SSSR count). The Morgan fingerprint density at radius 3 is 2.09 bits per heavy atom. The van der Waals surface area contributed by atoms with Crippen LogP contribution < -0.4 is 15.7 Å². The number of nitrogens with one attached hydrogen (secondary N) is 2. The molecule has 1 amide bonds. The normalized spacial score (nSPS) is 12.4. The number of H-pyrrole nitrogens is 1. The van der Waals surface area contributed by atoms with Gasteiger partial charge >= 0.3 is 5.97 Å². The Kier molecular flexibility index (Phi) is 6.75. The number of aromatic nitrogens is 1. The molecule has 0 bridgehead atoms. The van der Waals surface area contributed by atoms with Crippen LogP contribution in [0, 0.1) is 0 Å². The van der Waals surface area contributed by atoms with Crippen molar-refractivity contribution >= 4 is 41.2 Å². The number of carbonyl (C=O) groups is 2. The molecule has 1 unspecified atom stereocenters. The third-order valence-electron chi connectivity index (χ3n) is 6.41. The van der Waals surface area contributed by atoms with Gasteiger partial charge in [-0.15, -0.1) is 0 Å². The summed E-state index contributed by atoms with van der Waals surface area (Å²) in [5.41, 5.74) is 1.83. The molecule has 3 aromatic carbocycles. The first kappa shape index (κ1) is 22.5. The maximum Gasteiger partial charge on any atom is 0.326 e. The lowest BCUT2D eigenvalue weighted by Crippen LogP contribution is -2.56. The quantitative estimate of drug-likeness (QED) is 0.337. The lowest BCUT2D eigenvalue weighted by Gasteiger charge is -2.29. The zero-order chi connectivity index (χ0) is 23.3. The van der Waals surface area contributed by atoms with E-state index in [1.807, 2.05) is 66.9 Å². The fraction of sp³-hybridized carbons (Fsp3) is 0.185. The van der Waals surface area contributed by atoms with Gasteiger partial charge in [0.05, 0.1) is 0 Å². The second-order valence-corrected chi connectivity index (χ2v) is 12.9. The van der Waals surface area contributed by atoms with Gasteiger partial charge in [-0.05, 0) is 17.7 Å². The number of hydrogen-bond acceptors (Lipinski definition) is 2. The third kappa shape index (κ3) is 5.07. The molecule has 6 heteroatoms. The first-order chi connectivity index (χ1) is 16.0. The summed E-state index contributed by atoms with van der Waals surface area (Å²) in [4.78, 5) is 28.0. The summed E-state index contributed by atoms with van der Waals surface area (Å²) in [7, 11) is -2.16. The molecule has 3 N–H and O–H groups in total. The average Bonchev–Trinajstić information content (AvgIpc) is 3.26. The Morgan fingerprint density at radius 1 is 0.909 bits per heavy atom. The minimum atomic E-state index is -2.16. The summed E-state index contributed by atoms with van der Waals surface area (Å²) in [6.45, 7) is 2.27. The fourth-order valence-electron chi connectivity index (χ4n) is 4.42. The number of para-hydroxylation sites is 1. The van der Waals surface area contributed by atoms with Crippen LogP contribution in [-0.4, -0.2) is 36.1 Å². The largest absolute Gasteiger partial charge is 0.480 e. The molecule has 0 saturated heterocycles. The molecule has 1 heterocycles. The summed E-state index contributed by atoms with van der Waals surface area (Å²) in [5, 5.41) is 16.0. The van der Waals surface area contributed by atoms with Crippen LogP contribution in [0.15, 0.2) is 91.1 Å². The third-order valence-corrected chi connectivity index (χ3v) is 10.9. The number of benzene rings is 3. The van der Waals surface area contributed by atoms with Crippen LogP contribution in [-0.2, 0) is 16.0 Å². The Labute approximate surface area is 194 Å². The number of carboxylic acid groups (broad SMARTS) is 1. The highest BCUT2D eigenvalue weighted by Gasteiger charge is 2.32. The number of aliphatic carboxylic acids is 1. The maximum absolute atomic E-state index is 12.9. The van der Waals surface area contributed by atoms with E-state index in [1.165, 1.54) is 10.4 Å². The van der Waals surface area contributed by atoms with Crippen LogP contribution in [0.1, 0.15) is 12.0 Å². The number of carboxylic acids is 1. The lowest BCUT2D eigenvalue weighted by atomic mass is 10.0. The van der Waals surface area contributed by atoms with E-state index in [2.05, 4.69) is 41.1 Å². The lowest BCUT2D eigenvalue weighted by molar-refractivity contribution is -0.141. The highest BCUT2D eigenvalue weighted by Crippen LogP contribution is 2.19. The monoisotopic (exact) mass is 456 g/mol. The molecular formula is C27H28N2O3Si. The molecule has 1 atom stereocenters. The van der Waals surface area contributed by atoms with E-state index in [1.54, 1.807) is 0 Å². The summed E-state index contributed by atoms with van der Waals surface area (Å²) >= 11 is 0. The van der Waals surface area contributed by atoms with Crippen molar-refractivity contribution in [3.63, 3.8) is 0 Å². The van der Waals surface area contributed by atoms with Gasteiger partial charge in [0.15, 0.2) is 0 Å². The van der Waals surface area contributed by atoms with E-state index in [0.29, 0.717) is 6.04 Å². The van der Waals surface area contributed by atoms with Gasteiger partial charge in [0.2, 0.25) is 5.91 Å². The first-order valence-electron chi connectivity index (χ1n) is 11.2. The number of hydrogen-bond donors (Lipinski definition) is 3. The SMILES string of the molecule is C[Si](CCC(=O)NC(Cc1c[nH]c2ccccc12)C(=O)O)(c1ccccc1)c1ccccc1. The zero-order valence-electron chi connectivity index (χ0n) is 18.6. The summed E-state index contributed by atoms with van der Waals surface area (Å²) in [6.07, 6.45) is 2.34. The van der Waals surface area contributed by atoms with Gasteiger partial charge in [0.1, 0.15) is 14.1 Å². The average molecular weight is 457 g/mol. The molecule has 0 aliphatic rings. The molecule has 0 aliphatic heterocycles. The second kappa shape index (κ2) is 9.88. The van der Waals surface area contributed by atoms with Gasteiger partial charge in [0.25, 0.3) is 0 Å². The van der Waals surface area contributed by atoms with E-state index in [4.69, 9.17) is 0 Å². The molecule has 0 spiro atoms. The van der Waals surface area contributed by atoms with Crippen molar-refractivity contribution in [3.05, 3.63) is 96.7 Å². The van der Waals surface area contributed by atoms with E-state index < -0.39 is 20.1 Å². The molecule has 0 aliphatic carbocycles. The second-order valence-electron chi connectivity index (χ2n) is 8.59. The van der Waals surface area contributed by atoms with Crippen molar-refractivity contribution in [2.24, 2.45) is 0 Å². The van der Waals surface area contributed by atoms with E-state index in [9.17, 15) is 14.7 Å². The smallest absolute Gasteiger partial charge is 0.326 e. The van der Waals surface area contributed by atoms with Gasteiger partial charge in [-0.1, -0.05) is 95.8 Å². The molecular weight excluding hydrogens is 428 g/mol. The number of carbonyl (C=O) groups excluding carboxylic acids is 1. The number of aromatic amines is 1. The van der Waals surface area contributed by atoms with Gasteiger partial charge in [-0.2, -0.15) is 0 Å². The summed E-state index contributed by atoms with van der Waals surface area (Å²) < 4.78 is 0. The number of amides is 1. The molecule has 5 nitrogen and oxygen atoms in total. The van der Waals surface area contributed by atoms with Crippen molar-refractivity contribution in [1.82, 2.24) is 10.3 Å². The first-order valence-corrected chi connectivity index (χ1v) is 13.9. The van der Waals surface area contributed by atoms with Crippen molar-refractivity contribution in [3.8, 4) is 0 Å². The van der Waals surface area contributed by atoms with E-state index >= 15 is 0 Å². The van der Waals surface area contributed by atoms with E-state index in [0.717, 1.165) is 16.5 Å². The van der Waals surface area contributed by atoms with Crippen LogP contribution in [0.3, 0.4) is 0 Å². The van der Waals surface area contributed by atoms with Gasteiger partial charge < -0.3 is 15.4 Å². The molecule has 33 heavy (non-hydrogen) atoms. The minimum Gasteiger partial charge on any atom is -0.480 e. The standard InChI is InChI=1S/C27H28N2O3Si/c1-33(21-10-4-2-5-11-21,22-12-6-3-7-13-22)17-16-26(30)29-25(27(31)32)18-20-19-28-24-15-9-8-14-23(20)24/h2-15,19,25,28H,16-18H2,1H3,(H,29,30)(H,31,32). The minimum absolute atomic E-state index is 0.229. The van der Waals surface area contributed by atoms with Crippen LogP contribution in [0.4, 0.5) is 0 Å². The predicted octanol–water partition coefficient (Wildman–Crippen LogP) is 3.56. The Balaban J connectivity index is 1.48.